The molecule has 0 bridgehead atoms. The fourth-order valence-electron chi connectivity index (χ4n) is 2.35. The Balaban J connectivity index is 4.83. The molecule has 0 aliphatic rings. The molecule has 0 spiro atoms. The number of ether oxygens (including phenoxy) is 1. The van der Waals surface area contributed by atoms with Crippen molar-refractivity contribution in [3.63, 3.8) is 0 Å². The van der Waals surface area contributed by atoms with Crippen molar-refractivity contribution in [1.82, 2.24) is 0 Å². The lowest BCUT2D eigenvalue weighted by Crippen LogP contribution is -2.46. The summed E-state index contributed by atoms with van der Waals surface area (Å²) in [5, 5.41) is 10.3. The third-order valence-corrected chi connectivity index (χ3v) is 9.44. The smallest absolute Gasteiger partial charge is 0.330 e. The molecule has 26 heavy (non-hydrogen) atoms. The van der Waals surface area contributed by atoms with E-state index in [1.165, 1.54) is 6.08 Å². The highest BCUT2D eigenvalue weighted by Gasteiger charge is 2.40. The number of rotatable bonds is 10. The highest BCUT2D eigenvalue weighted by Crippen LogP contribution is 2.39. The van der Waals surface area contributed by atoms with Crippen LogP contribution in [0.4, 0.5) is 0 Å². The first-order chi connectivity index (χ1) is 11.8. The van der Waals surface area contributed by atoms with Crippen LogP contribution in [0.3, 0.4) is 0 Å². The van der Waals surface area contributed by atoms with Crippen LogP contribution in [-0.2, 0) is 14.0 Å². The Morgan fingerprint density at radius 2 is 1.73 bits per heavy atom. The summed E-state index contributed by atoms with van der Waals surface area (Å²) in [5.74, 6) is 0.220. The summed E-state index contributed by atoms with van der Waals surface area (Å²) in [5.41, 5.74) is 0. The first kappa shape index (κ1) is 25.1. The normalized spacial score (nSPS) is 17.0. The Hall–Kier alpha value is -0.913. The summed E-state index contributed by atoms with van der Waals surface area (Å²) in [7, 11) is -1.85. The average molecular weight is 385 g/mol. The van der Waals surface area contributed by atoms with Crippen LogP contribution in [0.15, 0.2) is 24.3 Å². The van der Waals surface area contributed by atoms with Gasteiger partial charge in [-0.05, 0) is 43.3 Å². The number of esters is 1. The zero-order chi connectivity index (χ0) is 20.5. The molecule has 5 heteroatoms. The second-order valence-corrected chi connectivity index (χ2v) is 13.5. The van der Waals surface area contributed by atoms with E-state index >= 15 is 0 Å². The molecule has 3 atom stereocenters. The Morgan fingerprint density at radius 3 is 2.19 bits per heavy atom. The van der Waals surface area contributed by atoms with Crippen molar-refractivity contribution < 1.29 is 19.1 Å². The molecule has 0 aromatic heterocycles. The molecule has 0 saturated carbocycles. The first-order valence-electron chi connectivity index (χ1n) is 9.69. The third-order valence-electron chi connectivity index (χ3n) is 4.97. The molecule has 0 aromatic carbocycles. The van der Waals surface area contributed by atoms with Crippen LogP contribution in [0.5, 0.6) is 0 Å². The second-order valence-electron chi connectivity index (χ2n) is 8.79. The maximum Gasteiger partial charge on any atom is 0.330 e. The van der Waals surface area contributed by atoms with Gasteiger partial charge in [0, 0.05) is 6.08 Å². The van der Waals surface area contributed by atoms with E-state index in [9.17, 15) is 9.90 Å². The van der Waals surface area contributed by atoms with Gasteiger partial charge in [-0.3, -0.25) is 0 Å². The van der Waals surface area contributed by atoms with Crippen molar-refractivity contribution in [2.45, 2.75) is 85.2 Å². The van der Waals surface area contributed by atoms with Gasteiger partial charge in [0.25, 0.3) is 0 Å². The highest BCUT2D eigenvalue weighted by atomic mass is 28.4. The predicted molar refractivity (Wildman–Crippen MR) is 112 cm³/mol. The molecule has 0 rings (SSSR count). The topological polar surface area (TPSA) is 55.8 Å². The van der Waals surface area contributed by atoms with Crippen molar-refractivity contribution in [3.8, 4) is 0 Å². The summed E-state index contributed by atoms with van der Waals surface area (Å²) < 4.78 is 11.4. The van der Waals surface area contributed by atoms with Gasteiger partial charge < -0.3 is 14.3 Å². The fraction of sp³-hybridized carbons (Fsp3) is 0.762. The van der Waals surface area contributed by atoms with E-state index in [0.717, 1.165) is 0 Å². The Morgan fingerprint density at radius 1 is 1.15 bits per heavy atom. The van der Waals surface area contributed by atoms with E-state index in [-0.39, 0.29) is 23.0 Å². The number of hydrogen-bond acceptors (Lipinski definition) is 4. The van der Waals surface area contributed by atoms with Crippen molar-refractivity contribution in [2.24, 2.45) is 11.8 Å². The van der Waals surface area contributed by atoms with E-state index < -0.39 is 14.4 Å². The molecule has 0 radical (unpaired) electrons. The third kappa shape index (κ3) is 9.15. The fourth-order valence-corrected chi connectivity index (χ4v) is 3.87. The van der Waals surface area contributed by atoms with Gasteiger partial charge in [0.2, 0.25) is 0 Å². The van der Waals surface area contributed by atoms with Crippen LogP contribution in [0.1, 0.15) is 54.9 Å². The van der Waals surface area contributed by atoms with Crippen LogP contribution in [0.25, 0.3) is 0 Å². The van der Waals surface area contributed by atoms with Crippen LogP contribution >= 0.6 is 0 Å². The quantitative estimate of drug-likeness (QED) is 0.246. The molecule has 0 amide bonds. The Kier molecular flexibility index (Phi) is 10.7. The first-order valence-corrected chi connectivity index (χ1v) is 12.6. The minimum Gasteiger partial charge on any atom is -0.463 e. The molecule has 1 N–H and O–H groups in total. The maximum absolute atomic E-state index is 11.2. The summed E-state index contributed by atoms with van der Waals surface area (Å²) in [6.45, 7) is 19.9. The zero-order valence-electron chi connectivity index (χ0n) is 18.2. The summed E-state index contributed by atoms with van der Waals surface area (Å²) in [6.07, 6.45) is 6.71. The molecule has 0 unspecified atom stereocenters. The summed E-state index contributed by atoms with van der Waals surface area (Å²) >= 11 is 0. The van der Waals surface area contributed by atoms with Gasteiger partial charge in [-0.1, -0.05) is 59.8 Å². The summed E-state index contributed by atoms with van der Waals surface area (Å²) in [6, 6.07) is 0. The van der Waals surface area contributed by atoms with Gasteiger partial charge in [-0.15, -0.1) is 0 Å². The highest BCUT2D eigenvalue weighted by molar-refractivity contribution is 6.74. The minimum absolute atomic E-state index is 0.120. The monoisotopic (exact) mass is 384 g/mol. The lowest BCUT2D eigenvalue weighted by atomic mass is 9.94. The van der Waals surface area contributed by atoms with Gasteiger partial charge in [0.15, 0.2) is 8.32 Å². The van der Waals surface area contributed by atoms with Gasteiger partial charge in [-0.25, -0.2) is 4.79 Å². The lowest BCUT2D eigenvalue weighted by Gasteiger charge is -2.42. The Bertz CT molecular complexity index is 475. The largest absolute Gasteiger partial charge is 0.463 e. The molecular weight excluding hydrogens is 344 g/mol. The molecule has 0 heterocycles. The minimum atomic E-state index is -1.85. The molecular formula is C21H40O4Si. The standard InChI is InChI=1S/C21H40O4Si/c1-10-24-19(23)13-11-12-18(22)15-14-17(4)20(16(2)3)25-26(8,9)21(5,6)7/h11,13-18,20,22H,10,12H2,1-9H3/b13-11+,15-14+/t17-,18+,20-/m0/s1. The van der Waals surface area contributed by atoms with Crippen LogP contribution in [0, 0.1) is 11.8 Å². The molecule has 0 saturated heterocycles. The number of hydrogen-bond donors (Lipinski definition) is 1. The molecule has 152 valence electrons. The van der Waals surface area contributed by atoms with Crippen molar-refractivity contribution in [1.29, 1.82) is 0 Å². The van der Waals surface area contributed by atoms with E-state index in [1.54, 1.807) is 19.1 Å². The van der Waals surface area contributed by atoms with Crippen LogP contribution in [-0.4, -0.2) is 38.2 Å². The maximum atomic E-state index is 11.2. The molecule has 0 aliphatic carbocycles. The van der Waals surface area contributed by atoms with Crippen molar-refractivity contribution >= 4 is 14.3 Å². The lowest BCUT2D eigenvalue weighted by molar-refractivity contribution is -0.137. The average Bonchev–Trinajstić information content (AvgIpc) is 2.49. The van der Waals surface area contributed by atoms with Gasteiger partial charge >= 0.3 is 5.97 Å². The zero-order valence-corrected chi connectivity index (χ0v) is 19.2. The van der Waals surface area contributed by atoms with E-state index in [2.05, 4.69) is 54.6 Å². The number of carbonyl (C=O) groups excluding carboxylic acids is 1. The second kappa shape index (κ2) is 11.0. The molecule has 4 nitrogen and oxygen atoms in total. The Labute approximate surface area is 161 Å². The number of carbonyl (C=O) groups is 1. The predicted octanol–water partition coefficient (Wildman–Crippen LogP) is 5.10. The summed E-state index contributed by atoms with van der Waals surface area (Å²) in [4.78, 5) is 11.2. The van der Waals surface area contributed by atoms with E-state index in [1.807, 2.05) is 6.08 Å². The van der Waals surface area contributed by atoms with Gasteiger partial charge in [0.05, 0.1) is 18.8 Å². The molecule has 0 fully saturated rings. The van der Waals surface area contributed by atoms with Crippen LogP contribution < -0.4 is 0 Å². The molecule has 0 aromatic rings. The SMILES string of the molecule is CCOC(=O)/C=C/C[C@@H](O)/C=C/[C@H](C)[C@@H](O[Si](C)(C)C(C)(C)C)C(C)C. The van der Waals surface area contributed by atoms with E-state index in [4.69, 9.17) is 9.16 Å². The van der Waals surface area contributed by atoms with Crippen molar-refractivity contribution in [3.05, 3.63) is 24.3 Å². The van der Waals surface area contributed by atoms with Gasteiger partial charge in [-0.2, -0.15) is 0 Å². The number of aliphatic hydroxyl groups excluding tert-OH is 1. The van der Waals surface area contributed by atoms with E-state index in [0.29, 0.717) is 18.9 Å². The number of aliphatic hydroxyl groups is 1. The van der Waals surface area contributed by atoms with Crippen molar-refractivity contribution in [2.75, 3.05) is 6.61 Å². The van der Waals surface area contributed by atoms with Crippen LogP contribution in [0.2, 0.25) is 18.1 Å². The molecule has 0 aliphatic heterocycles. The van der Waals surface area contributed by atoms with Gasteiger partial charge in [0.1, 0.15) is 0 Å².